The van der Waals surface area contributed by atoms with Crippen molar-refractivity contribution in [2.24, 2.45) is 11.1 Å². The van der Waals surface area contributed by atoms with Gasteiger partial charge in [-0.15, -0.1) is 0 Å². The van der Waals surface area contributed by atoms with Crippen molar-refractivity contribution in [1.29, 1.82) is 0 Å². The molecule has 2 heterocycles. The summed E-state index contributed by atoms with van der Waals surface area (Å²) in [5, 5.41) is 7.27. The lowest BCUT2D eigenvalue weighted by Crippen LogP contribution is -2.35. The van der Waals surface area contributed by atoms with E-state index in [4.69, 9.17) is 18.7 Å². The van der Waals surface area contributed by atoms with Crippen LogP contribution in [0.3, 0.4) is 0 Å². The Hall–Kier alpha value is -3.65. The quantitative estimate of drug-likeness (QED) is 0.303. The molecule has 0 spiro atoms. The SMILES string of the molecule is CC/C(=N/OCc1nc(-c2ccccc2)oc1C)c1ccc(OCC(=O)NCC2CCOCC2)cc1. The van der Waals surface area contributed by atoms with E-state index in [0.717, 1.165) is 42.9 Å². The maximum absolute atomic E-state index is 12.1. The van der Waals surface area contributed by atoms with Gasteiger partial charge in [0.2, 0.25) is 5.89 Å². The molecule has 36 heavy (non-hydrogen) atoms. The molecule has 8 heteroatoms. The van der Waals surface area contributed by atoms with Crippen LogP contribution in [0.4, 0.5) is 0 Å². The number of aryl methyl sites for hydroxylation is 1. The zero-order valence-electron chi connectivity index (χ0n) is 20.9. The molecule has 1 N–H and O–H groups in total. The molecule has 1 aliphatic heterocycles. The number of aromatic nitrogens is 1. The van der Waals surface area contributed by atoms with E-state index >= 15 is 0 Å². The van der Waals surface area contributed by atoms with Crippen LogP contribution >= 0.6 is 0 Å². The van der Waals surface area contributed by atoms with Crippen molar-refractivity contribution >= 4 is 11.6 Å². The van der Waals surface area contributed by atoms with Crippen LogP contribution in [0.5, 0.6) is 5.75 Å². The van der Waals surface area contributed by atoms with Crippen molar-refractivity contribution in [3.05, 3.63) is 71.6 Å². The lowest BCUT2D eigenvalue weighted by Gasteiger charge is -2.22. The molecule has 0 saturated carbocycles. The Bertz CT molecular complexity index is 1140. The van der Waals surface area contributed by atoms with Crippen molar-refractivity contribution in [2.75, 3.05) is 26.4 Å². The summed E-state index contributed by atoms with van der Waals surface area (Å²) in [4.78, 5) is 22.3. The van der Waals surface area contributed by atoms with E-state index in [9.17, 15) is 4.79 Å². The molecule has 8 nitrogen and oxygen atoms in total. The van der Waals surface area contributed by atoms with E-state index in [1.165, 1.54) is 0 Å². The Morgan fingerprint density at radius 2 is 1.86 bits per heavy atom. The Balaban J connectivity index is 1.26. The summed E-state index contributed by atoms with van der Waals surface area (Å²) in [5.41, 5.74) is 3.37. The number of carbonyl (C=O) groups is 1. The largest absolute Gasteiger partial charge is 0.484 e. The van der Waals surface area contributed by atoms with Crippen molar-refractivity contribution in [1.82, 2.24) is 10.3 Å². The number of hydrogen-bond donors (Lipinski definition) is 1. The minimum atomic E-state index is -0.117. The third-order valence-electron chi connectivity index (χ3n) is 6.11. The first kappa shape index (κ1) is 25.4. The zero-order chi connectivity index (χ0) is 25.2. The molecule has 1 aromatic heterocycles. The summed E-state index contributed by atoms with van der Waals surface area (Å²) >= 11 is 0. The summed E-state index contributed by atoms with van der Waals surface area (Å²) in [7, 11) is 0. The molecule has 1 aliphatic rings. The molecular formula is C28H33N3O5. The second-order valence-electron chi connectivity index (χ2n) is 8.73. The number of benzene rings is 2. The zero-order valence-corrected chi connectivity index (χ0v) is 20.9. The van der Waals surface area contributed by atoms with E-state index in [-0.39, 0.29) is 19.1 Å². The van der Waals surface area contributed by atoms with Gasteiger partial charge >= 0.3 is 0 Å². The Morgan fingerprint density at radius 1 is 1.11 bits per heavy atom. The molecule has 0 bridgehead atoms. The maximum atomic E-state index is 12.1. The molecule has 0 atom stereocenters. The number of carbonyl (C=O) groups excluding carboxylic acids is 1. The lowest BCUT2D eigenvalue weighted by molar-refractivity contribution is -0.123. The van der Waals surface area contributed by atoms with Gasteiger partial charge in [-0.05, 0) is 74.1 Å². The van der Waals surface area contributed by atoms with Crippen LogP contribution in [-0.2, 0) is 21.0 Å². The van der Waals surface area contributed by atoms with Gasteiger partial charge in [-0.3, -0.25) is 4.79 Å². The minimum Gasteiger partial charge on any atom is -0.484 e. The first-order valence-corrected chi connectivity index (χ1v) is 12.4. The number of rotatable bonds is 11. The average molecular weight is 492 g/mol. The fourth-order valence-corrected chi connectivity index (χ4v) is 3.91. The summed E-state index contributed by atoms with van der Waals surface area (Å²) in [6.45, 7) is 6.30. The molecular weight excluding hydrogens is 458 g/mol. The van der Waals surface area contributed by atoms with E-state index in [1.54, 1.807) is 0 Å². The topological polar surface area (TPSA) is 95.2 Å². The van der Waals surface area contributed by atoms with Crippen molar-refractivity contribution in [3.63, 3.8) is 0 Å². The predicted molar refractivity (Wildman–Crippen MR) is 137 cm³/mol. The minimum absolute atomic E-state index is 0.0115. The van der Waals surface area contributed by atoms with Gasteiger partial charge in [-0.25, -0.2) is 4.98 Å². The fourth-order valence-electron chi connectivity index (χ4n) is 3.91. The van der Waals surface area contributed by atoms with Gasteiger partial charge in [-0.1, -0.05) is 30.3 Å². The van der Waals surface area contributed by atoms with Gasteiger partial charge in [0.15, 0.2) is 13.2 Å². The number of amides is 1. The van der Waals surface area contributed by atoms with E-state index in [1.807, 2.05) is 68.4 Å². The highest BCUT2D eigenvalue weighted by Gasteiger charge is 2.15. The van der Waals surface area contributed by atoms with E-state index in [2.05, 4.69) is 15.5 Å². The van der Waals surface area contributed by atoms with Gasteiger partial charge in [0, 0.05) is 25.3 Å². The molecule has 0 aliphatic carbocycles. The smallest absolute Gasteiger partial charge is 0.257 e. The lowest BCUT2D eigenvalue weighted by atomic mass is 10.0. The van der Waals surface area contributed by atoms with Crippen molar-refractivity contribution < 1.29 is 23.5 Å². The molecule has 1 saturated heterocycles. The highest BCUT2D eigenvalue weighted by Crippen LogP contribution is 2.22. The van der Waals surface area contributed by atoms with Gasteiger partial charge in [0.05, 0.1) is 5.71 Å². The molecule has 3 aromatic rings. The normalized spacial score (nSPS) is 14.4. The Kier molecular flexibility index (Phi) is 9.10. The predicted octanol–water partition coefficient (Wildman–Crippen LogP) is 4.90. The first-order chi connectivity index (χ1) is 17.6. The number of oxazole rings is 1. The Morgan fingerprint density at radius 3 is 2.58 bits per heavy atom. The van der Waals surface area contributed by atoms with E-state index in [0.29, 0.717) is 42.0 Å². The third kappa shape index (κ3) is 7.18. The summed E-state index contributed by atoms with van der Waals surface area (Å²) in [6, 6.07) is 17.2. The van der Waals surface area contributed by atoms with Gasteiger partial charge in [-0.2, -0.15) is 0 Å². The molecule has 0 unspecified atom stereocenters. The van der Waals surface area contributed by atoms with Crippen LogP contribution in [0.25, 0.3) is 11.5 Å². The molecule has 1 amide bonds. The average Bonchev–Trinajstić information content (AvgIpc) is 3.30. The molecule has 0 radical (unpaired) electrons. The molecule has 2 aromatic carbocycles. The number of nitrogens with one attached hydrogen (secondary N) is 1. The van der Waals surface area contributed by atoms with Crippen LogP contribution < -0.4 is 10.1 Å². The second-order valence-corrected chi connectivity index (χ2v) is 8.73. The molecule has 190 valence electrons. The number of hydrogen-bond acceptors (Lipinski definition) is 7. The van der Waals surface area contributed by atoms with Crippen LogP contribution in [0, 0.1) is 12.8 Å². The number of oxime groups is 1. The van der Waals surface area contributed by atoms with E-state index < -0.39 is 0 Å². The number of ether oxygens (including phenoxy) is 2. The first-order valence-electron chi connectivity index (χ1n) is 12.4. The maximum Gasteiger partial charge on any atom is 0.257 e. The van der Waals surface area contributed by atoms with Crippen LogP contribution in [0.1, 0.15) is 43.2 Å². The highest BCUT2D eigenvalue weighted by atomic mass is 16.6. The molecule has 4 rings (SSSR count). The summed E-state index contributed by atoms with van der Waals surface area (Å²) in [6.07, 6.45) is 2.67. The van der Waals surface area contributed by atoms with Crippen LogP contribution in [-0.4, -0.2) is 43.0 Å². The molecule has 1 fully saturated rings. The second kappa shape index (κ2) is 12.9. The van der Waals surface area contributed by atoms with Crippen LogP contribution in [0.2, 0.25) is 0 Å². The fraction of sp³-hybridized carbons (Fsp3) is 0.393. The summed E-state index contributed by atoms with van der Waals surface area (Å²) < 4.78 is 16.8. The standard InChI is InChI=1S/C28H33N3O5/c1-3-25(31-35-18-26-20(2)36-28(30-26)23-7-5-4-6-8-23)22-9-11-24(12-10-22)34-19-27(32)29-17-21-13-15-33-16-14-21/h4-12,21H,3,13-19H2,1-2H3,(H,29,32)/b31-25-. The third-order valence-corrected chi connectivity index (χ3v) is 6.11. The Labute approximate surface area is 211 Å². The van der Waals surface area contributed by atoms with Crippen LogP contribution in [0.15, 0.2) is 64.2 Å². The van der Waals surface area contributed by atoms with Crippen molar-refractivity contribution in [3.8, 4) is 17.2 Å². The summed E-state index contributed by atoms with van der Waals surface area (Å²) in [5.74, 6) is 2.27. The van der Waals surface area contributed by atoms with Gasteiger partial charge in [0.25, 0.3) is 5.91 Å². The van der Waals surface area contributed by atoms with Gasteiger partial charge in [0.1, 0.15) is 17.2 Å². The number of nitrogens with zero attached hydrogens (tertiary/aromatic N) is 2. The van der Waals surface area contributed by atoms with Gasteiger partial charge < -0.3 is 24.0 Å². The highest BCUT2D eigenvalue weighted by molar-refractivity contribution is 6.00. The van der Waals surface area contributed by atoms with Crippen molar-refractivity contribution in [2.45, 2.75) is 39.7 Å². The monoisotopic (exact) mass is 491 g/mol.